The van der Waals surface area contributed by atoms with Gasteiger partial charge in [0, 0.05) is 9.69 Å². The summed E-state index contributed by atoms with van der Waals surface area (Å²) in [5.74, 6) is -6.55. The molecule has 0 aromatic rings. The summed E-state index contributed by atoms with van der Waals surface area (Å²) < 4.78 is 85.6. The second-order valence-electron chi connectivity index (χ2n) is 2.01. The predicted octanol–water partition coefficient (Wildman–Crippen LogP) is 2.01. The van der Waals surface area contributed by atoms with Crippen LogP contribution in [0, 0.1) is 0 Å². The highest BCUT2D eigenvalue weighted by atomic mass is 19.3. The standard InChI is InChI=1S/C7H8F4O2/c1-4(2)5(12)13-3-7(10,11)6(8)9/h6H,1,3H2,2H3/i1D2,2D3. The Bertz CT molecular complexity index is 348. The van der Waals surface area contributed by atoms with Crippen LogP contribution in [0.25, 0.3) is 0 Å². The Hall–Kier alpha value is -1.07. The second kappa shape index (κ2) is 4.25. The first-order valence-corrected chi connectivity index (χ1v) is 2.90. The third kappa shape index (κ3) is 3.91. The molecule has 0 aliphatic carbocycles. The molecule has 0 amide bonds. The summed E-state index contributed by atoms with van der Waals surface area (Å²) in [7, 11) is 0. The van der Waals surface area contributed by atoms with E-state index in [1.807, 2.05) is 0 Å². The molecule has 0 unspecified atom stereocenters. The molecule has 0 bridgehead atoms. The summed E-state index contributed by atoms with van der Waals surface area (Å²) >= 11 is 0. The molecule has 0 aliphatic heterocycles. The van der Waals surface area contributed by atoms with Crippen LogP contribution in [0.5, 0.6) is 0 Å². The molecule has 0 saturated heterocycles. The smallest absolute Gasteiger partial charge is 0.340 e. The van der Waals surface area contributed by atoms with Crippen LogP contribution in [0.4, 0.5) is 17.6 Å². The van der Waals surface area contributed by atoms with Gasteiger partial charge in [-0.05, 0) is 6.85 Å². The van der Waals surface area contributed by atoms with Crippen LogP contribution in [0.3, 0.4) is 0 Å². The van der Waals surface area contributed by atoms with Crippen molar-refractivity contribution >= 4 is 5.97 Å². The fraction of sp³-hybridized carbons (Fsp3) is 0.571. The zero-order valence-corrected chi connectivity index (χ0v) is 6.11. The highest BCUT2D eigenvalue weighted by molar-refractivity contribution is 5.86. The molecular formula is C7H8F4O2. The molecule has 0 spiro atoms. The van der Waals surface area contributed by atoms with Crippen molar-refractivity contribution in [3.8, 4) is 0 Å². The number of halogens is 4. The first-order chi connectivity index (χ1) is 7.89. The van der Waals surface area contributed by atoms with Gasteiger partial charge in [0.2, 0.25) is 0 Å². The fourth-order valence-electron chi connectivity index (χ4n) is 0.297. The van der Waals surface area contributed by atoms with Gasteiger partial charge < -0.3 is 4.74 Å². The Balaban J connectivity index is 4.84. The third-order valence-electron chi connectivity index (χ3n) is 0.919. The highest BCUT2D eigenvalue weighted by Gasteiger charge is 2.42. The maximum Gasteiger partial charge on any atom is 0.340 e. The molecule has 76 valence electrons. The van der Waals surface area contributed by atoms with E-state index in [0.29, 0.717) is 0 Å². The van der Waals surface area contributed by atoms with Gasteiger partial charge in [0.25, 0.3) is 0 Å². The van der Waals surface area contributed by atoms with Crippen molar-refractivity contribution < 1.29 is 33.9 Å². The molecule has 0 rings (SSSR count). The molecule has 0 aliphatic rings. The molecule has 0 fully saturated rings. The van der Waals surface area contributed by atoms with E-state index in [1.165, 1.54) is 0 Å². The van der Waals surface area contributed by atoms with E-state index in [4.69, 9.17) is 6.85 Å². The zero-order valence-electron chi connectivity index (χ0n) is 11.1. The number of esters is 1. The maximum absolute atomic E-state index is 12.4. The Labute approximate surface area is 79.2 Å². The molecule has 0 aromatic carbocycles. The average Bonchev–Trinajstić information content (AvgIpc) is 2.11. The van der Waals surface area contributed by atoms with Gasteiger partial charge >= 0.3 is 18.3 Å². The molecule has 0 atom stereocenters. The predicted molar refractivity (Wildman–Crippen MR) is 36.7 cm³/mol. The third-order valence-corrected chi connectivity index (χ3v) is 0.919. The number of hydrogen-bond donors (Lipinski definition) is 0. The van der Waals surface area contributed by atoms with Crippen LogP contribution in [0.2, 0.25) is 0 Å². The van der Waals surface area contributed by atoms with Gasteiger partial charge in [-0.1, -0.05) is 6.53 Å². The molecule has 0 radical (unpaired) electrons. The molecular weight excluding hydrogens is 192 g/mol. The van der Waals surface area contributed by atoms with E-state index in [2.05, 4.69) is 4.74 Å². The highest BCUT2D eigenvalue weighted by Crippen LogP contribution is 2.23. The quantitative estimate of drug-likeness (QED) is 0.398. The van der Waals surface area contributed by atoms with E-state index < -0.39 is 43.9 Å². The molecule has 0 aromatic heterocycles. The number of carbonyl (C=O) groups excluding carboxylic acids is 1. The lowest BCUT2D eigenvalue weighted by Crippen LogP contribution is -2.33. The lowest BCUT2D eigenvalue weighted by atomic mass is 10.3. The fourth-order valence-corrected chi connectivity index (χ4v) is 0.297. The van der Waals surface area contributed by atoms with Crippen molar-refractivity contribution in [3.05, 3.63) is 12.1 Å². The first kappa shape index (κ1) is 5.62. The van der Waals surface area contributed by atoms with Crippen LogP contribution < -0.4 is 0 Å². The van der Waals surface area contributed by atoms with Gasteiger partial charge in [-0.25, -0.2) is 13.6 Å². The number of ether oxygens (including phenoxy) is 1. The summed E-state index contributed by atoms with van der Waals surface area (Å²) in [5.41, 5.74) is -1.45. The molecule has 0 saturated carbocycles. The number of carbonyl (C=O) groups is 1. The van der Waals surface area contributed by atoms with Gasteiger partial charge in [0.05, 0.1) is 2.74 Å². The summed E-state index contributed by atoms with van der Waals surface area (Å²) in [4.78, 5) is 11.0. The topological polar surface area (TPSA) is 26.3 Å². The molecule has 0 N–H and O–H groups in total. The van der Waals surface area contributed by atoms with E-state index in [1.54, 1.807) is 0 Å². The van der Waals surface area contributed by atoms with Crippen molar-refractivity contribution in [1.29, 1.82) is 0 Å². The maximum atomic E-state index is 12.4. The normalized spacial score (nSPS) is 17.8. The van der Waals surface area contributed by atoms with Crippen LogP contribution in [-0.2, 0) is 9.53 Å². The second-order valence-corrected chi connectivity index (χ2v) is 2.01. The Morgan fingerprint density at radius 1 is 1.77 bits per heavy atom. The van der Waals surface area contributed by atoms with E-state index in [0.717, 1.165) is 0 Å². The Kier molecular flexibility index (Phi) is 1.83. The van der Waals surface area contributed by atoms with Gasteiger partial charge in [0.15, 0.2) is 6.61 Å². The minimum atomic E-state index is -4.63. The van der Waals surface area contributed by atoms with Crippen molar-refractivity contribution in [2.45, 2.75) is 19.2 Å². The lowest BCUT2D eigenvalue weighted by Gasteiger charge is -2.14. The van der Waals surface area contributed by atoms with Crippen molar-refractivity contribution in [2.75, 3.05) is 6.61 Å². The Morgan fingerprint density at radius 2 is 2.38 bits per heavy atom. The van der Waals surface area contributed by atoms with Crippen molar-refractivity contribution in [1.82, 2.24) is 0 Å². The molecule has 6 heteroatoms. The van der Waals surface area contributed by atoms with E-state index in [9.17, 15) is 22.4 Å². The lowest BCUT2D eigenvalue weighted by molar-refractivity contribution is -0.176. The number of hydrogen-bond acceptors (Lipinski definition) is 2. The number of alkyl halides is 4. The number of rotatable bonds is 4. The zero-order chi connectivity index (χ0) is 14.7. The molecule has 13 heavy (non-hydrogen) atoms. The summed E-state index contributed by atoms with van der Waals surface area (Å²) in [5, 5.41) is 0. The van der Waals surface area contributed by atoms with Crippen LogP contribution in [0.1, 0.15) is 13.7 Å². The van der Waals surface area contributed by atoms with Crippen LogP contribution >= 0.6 is 0 Å². The van der Waals surface area contributed by atoms with Crippen LogP contribution in [0.15, 0.2) is 12.1 Å². The SMILES string of the molecule is [2H]C([2H])=C(C(=O)OCC(F)(F)C(F)F)C([2H])([2H])[2H]. The first-order valence-electron chi connectivity index (χ1n) is 5.40. The average molecular weight is 205 g/mol. The van der Waals surface area contributed by atoms with Gasteiger partial charge in [0.1, 0.15) is 0 Å². The van der Waals surface area contributed by atoms with Crippen molar-refractivity contribution in [3.63, 3.8) is 0 Å². The largest absolute Gasteiger partial charge is 0.456 e. The van der Waals surface area contributed by atoms with Gasteiger partial charge in [-0.3, -0.25) is 0 Å². The summed E-state index contributed by atoms with van der Waals surface area (Å²) in [6, 6.07) is 0. The van der Waals surface area contributed by atoms with Crippen molar-refractivity contribution in [2.24, 2.45) is 0 Å². The monoisotopic (exact) mass is 205 g/mol. The molecule has 0 heterocycles. The van der Waals surface area contributed by atoms with Gasteiger partial charge in [-0.15, -0.1) is 0 Å². The van der Waals surface area contributed by atoms with Crippen LogP contribution in [-0.4, -0.2) is 24.9 Å². The molecule has 2 nitrogen and oxygen atoms in total. The minimum absolute atomic E-state index is 1.45. The van der Waals surface area contributed by atoms with Gasteiger partial charge in [-0.2, -0.15) is 8.78 Å². The van der Waals surface area contributed by atoms with E-state index in [-0.39, 0.29) is 0 Å². The Morgan fingerprint density at radius 3 is 2.77 bits per heavy atom. The minimum Gasteiger partial charge on any atom is -0.456 e. The summed E-state index contributed by atoms with van der Waals surface area (Å²) in [6.45, 7) is -6.72. The van der Waals surface area contributed by atoms with E-state index >= 15 is 0 Å². The summed E-state index contributed by atoms with van der Waals surface area (Å²) in [6.07, 6.45) is -4.09.